The highest BCUT2D eigenvalue weighted by molar-refractivity contribution is 7.89. The molecular formula is C13H12N2O5S. The third-order valence-corrected chi connectivity index (χ3v) is 3.63. The van der Waals surface area contributed by atoms with Crippen molar-refractivity contribution in [3.8, 4) is 5.75 Å². The topological polar surface area (TPSA) is 130 Å². The molecule has 0 atom stereocenters. The Morgan fingerprint density at radius 2 is 1.62 bits per heavy atom. The van der Waals surface area contributed by atoms with Gasteiger partial charge in [0.25, 0.3) is 0 Å². The average Bonchev–Trinajstić information content (AvgIpc) is 2.38. The molecule has 0 amide bonds. The monoisotopic (exact) mass is 308 g/mol. The van der Waals surface area contributed by atoms with Crippen molar-refractivity contribution in [1.29, 1.82) is 0 Å². The molecule has 7 nitrogen and oxygen atoms in total. The summed E-state index contributed by atoms with van der Waals surface area (Å²) in [6.45, 7) is 0. The molecule has 0 aliphatic rings. The van der Waals surface area contributed by atoms with Crippen molar-refractivity contribution in [2.75, 3.05) is 5.32 Å². The molecule has 0 aliphatic heterocycles. The highest BCUT2D eigenvalue weighted by Crippen LogP contribution is 2.25. The molecule has 0 heterocycles. The summed E-state index contributed by atoms with van der Waals surface area (Å²) in [7, 11) is -3.75. The number of anilines is 2. The number of phenols is 1. The number of nitrogens with two attached hydrogens (primary N) is 1. The standard InChI is InChI=1S/C13H12N2O5S/c14-21(19,20)10-4-1-8(2-5-10)15-9-3-6-11(13(17)18)12(16)7-9/h1-7,15-16H,(H,17,18)(H2,14,19,20). The van der Waals surface area contributed by atoms with E-state index in [-0.39, 0.29) is 16.2 Å². The van der Waals surface area contributed by atoms with Gasteiger partial charge < -0.3 is 15.5 Å². The molecule has 0 aromatic heterocycles. The number of carbonyl (C=O) groups is 1. The van der Waals surface area contributed by atoms with Gasteiger partial charge in [-0.2, -0.15) is 0 Å². The summed E-state index contributed by atoms with van der Waals surface area (Å²) in [5.41, 5.74) is 0.816. The predicted molar refractivity (Wildman–Crippen MR) is 76.2 cm³/mol. The van der Waals surface area contributed by atoms with Crippen LogP contribution in [0.15, 0.2) is 47.4 Å². The summed E-state index contributed by atoms with van der Waals surface area (Å²) < 4.78 is 22.2. The number of hydrogen-bond acceptors (Lipinski definition) is 5. The van der Waals surface area contributed by atoms with E-state index in [9.17, 15) is 18.3 Å². The minimum atomic E-state index is -3.75. The van der Waals surface area contributed by atoms with Crippen molar-refractivity contribution < 1.29 is 23.4 Å². The van der Waals surface area contributed by atoms with Crippen molar-refractivity contribution in [2.45, 2.75) is 4.90 Å². The molecule has 2 rings (SSSR count). The Morgan fingerprint density at radius 1 is 1.05 bits per heavy atom. The maximum atomic E-state index is 11.1. The van der Waals surface area contributed by atoms with Crippen molar-refractivity contribution in [3.05, 3.63) is 48.0 Å². The molecule has 5 N–H and O–H groups in total. The van der Waals surface area contributed by atoms with Crippen LogP contribution in [0.5, 0.6) is 5.75 Å². The zero-order valence-electron chi connectivity index (χ0n) is 10.6. The fourth-order valence-electron chi connectivity index (χ4n) is 1.68. The smallest absolute Gasteiger partial charge is 0.339 e. The number of sulfonamides is 1. The maximum absolute atomic E-state index is 11.1. The molecular weight excluding hydrogens is 296 g/mol. The summed E-state index contributed by atoms with van der Waals surface area (Å²) in [6, 6.07) is 9.68. The lowest BCUT2D eigenvalue weighted by molar-refractivity contribution is 0.0694. The fraction of sp³-hybridized carbons (Fsp3) is 0. The van der Waals surface area contributed by atoms with Gasteiger partial charge in [-0.15, -0.1) is 0 Å². The Hall–Kier alpha value is -2.58. The highest BCUT2D eigenvalue weighted by atomic mass is 32.2. The predicted octanol–water partition coefficient (Wildman–Crippen LogP) is 1.48. The number of benzene rings is 2. The Morgan fingerprint density at radius 3 is 2.10 bits per heavy atom. The van der Waals surface area contributed by atoms with Gasteiger partial charge >= 0.3 is 5.97 Å². The van der Waals surface area contributed by atoms with E-state index in [1.807, 2.05) is 0 Å². The van der Waals surface area contributed by atoms with Gasteiger partial charge in [-0.05, 0) is 36.4 Å². The highest BCUT2D eigenvalue weighted by Gasteiger charge is 2.10. The lowest BCUT2D eigenvalue weighted by Crippen LogP contribution is -2.11. The third kappa shape index (κ3) is 3.50. The fourth-order valence-corrected chi connectivity index (χ4v) is 2.20. The zero-order valence-corrected chi connectivity index (χ0v) is 11.5. The van der Waals surface area contributed by atoms with Crippen LogP contribution < -0.4 is 10.5 Å². The molecule has 0 spiro atoms. The van der Waals surface area contributed by atoms with Gasteiger partial charge in [0.1, 0.15) is 11.3 Å². The molecule has 2 aromatic carbocycles. The SMILES string of the molecule is NS(=O)(=O)c1ccc(Nc2ccc(C(=O)O)c(O)c2)cc1. The number of primary sulfonamides is 1. The molecule has 2 aromatic rings. The molecule has 0 aliphatic carbocycles. The van der Waals surface area contributed by atoms with Crippen LogP contribution in [0.1, 0.15) is 10.4 Å². The van der Waals surface area contributed by atoms with Crippen LogP contribution >= 0.6 is 0 Å². The first-order chi connectivity index (χ1) is 9.77. The van der Waals surface area contributed by atoms with Crippen molar-refractivity contribution in [1.82, 2.24) is 0 Å². The van der Waals surface area contributed by atoms with Gasteiger partial charge in [0.05, 0.1) is 4.90 Å². The third-order valence-electron chi connectivity index (χ3n) is 2.70. The van der Waals surface area contributed by atoms with Crippen molar-refractivity contribution in [3.63, 3.8) is 0 Å². The van der Waals surface area contributed by atoms with Crippen LogP contribution in [-0.2, 0) is 10.0 Å². The molecule has 8 heteroatoms. The lowest BCUT2D eigenvalue weighted by Gasteiger charge is -2.08. The second-order valence-electron chi connectivity index (χ2n) is 4.23. The second-order valence-corrected chi connectivity index (χ2v) is 5.79. The molecule has 0 unspecified atom stereocenters. The number of carboxylic acids is 1. The van der Waals surface area contributed by atoms with Gasteiger partial charge in [0.15, 0.2) is 0 Å². The first-order valence-corrected chi connectivity index (χ1v) is 7.28. The van der Waals surface area contributed by atoms with Crippen LogP contribution in [0.4, 0.5) is 11.4 Å². The van der Waals surface area contributed by atoms with Gasteiger partial charge in [0, 0.05) is 17.4 Å². The Bertz CT molecular complexity index is 785. The molecule has 0 bridgehead atoms. The van der Waals surface area contributed by atoms with E-state index in [4.69, 9.17) is 10.2 Å². The molecule has 21 heavy (non-hydrogen) atoms. The second kappa shape index (κ2) is 5.43. The number of aromatic carboxylic acids is 1. The van der Waals surface area contributed by atoms with Gasteiger partial charge in [0.2, 0.25) is 10.0 Å². The van der Waals surface area contributed by atoms with Gasteiger partial charge in [-0.3, -0.25) is 0 Å². The normalized spacial score (nSPS) is 11.1. The molecule has 0 fully saturated rings. The Balaban J connectivity index is 2.23. The molecule has 0 saturated carbocycles. The van der Waals surface area contributed by atoms with E-state index in [2.05, 4.69) is 5.32 Å². The Kier molecular flexibility index (Phi) is 3.83. The molecule has 0 saturated heterocycles. The quantitative estimate of drug-likeness (QED) is 0.677. The maximum Gasteiger partial charge on any atom is 0.339 e. The zero-order chi connectivity index (χ0) is 15.6. The average molecular weight is 308 g/mol. The summed E-state index contributed by atoms with van der Waals surface area (Å²) in [5.74, 6) is -1.59. The van der Waals surface area contributed by atoms with Gasteiger partial charge in [-0.25, -0.2) is 18.4 Å². The number of aromatic hydroxyl groups is 1. The largest absolute Gasteiger partial charge is 0.507 e. The van der Waals surface area contributed by atoms with E-state index < -0.39 is 16.0 Å². The van der Waals surface area contributed by atoms with Crippen LogP contribution in [0.25, 0.3) is 0 Å². The minimum Gasteiger partial charge on any atom is -0.507 e. The van der Waals surface area contributed by atoms with Crippen molar-refractivity contribution in [2.24, 2.45) is 5.14 Å². The first-order valence-electron chi connectivity index (χ1n) is 5.73. The van der Waals surface area contributed by atoms with E-state index in [0.29, 0.717) is 11.4 Å². The summed E-state index contributed by atoms with van der Waals surface area (Å²) in [5, 5.41) is 26.3. The van der Waals surface area contributed by atoms with Gasteiger partial charge in [-0.1, -0.05) is 0 Å². The lowest BCUT2D eigenvalue weighted by atomic mass is 10.2. The van der Waals surface area contributed by atoms with Crippen LogP contribution in [0.3, 0.4) is 0 Å². The summed E-state index contributed by atoms with van der Waals surface area (Å²) >= 11 is 0. The summed E-state index contributed by atoms with van der Waals surface area (Å²) in [6.07, 6.45) is 0. The van der Waals surface area contributed by atoms with E-state index in [1.54, 1.807) is 0 Å². The number of rotatable bonds is 4. The van der Waals surface area contributed by atoms with Crippen LogP contribution in [0.2, 0.25) is 0 Å². The number of carboxylic acid groups (broad SMARTS) is 1. The van der Waals surface area contributed by atoms with Crippen molar-refractivity contribution >= 4 is 27.4 Å². The minimum absolute atomic E-state index is 0.0166. The Labute approximate surface area is 120 Å². The summed E-state index contributed by atoms with van der Waals surface area (Å²) in [4.78, 5) is 10.8. The van der Waals surface area contributed by atoms with E-state index in [0.717, 1.165) is 0 Å². The molecule has 0 radical (unpaired) electrons. The number of hydrogen-bond donors (Lipinski definition) is 4. The number of nitrogens with one attached hydrogen (secondary N) is 1. The first kappa shape index (κ1) is 14.8. The van der Waals surface area contributed by atoms with Crippen LogP contribution in [-0.4, -0.2) is 24.6 Å². The molecule has 110 valence electrons. The van der Waals surface area contributed by atoms with E-state index >= 15 is 0 Å². The van der Waals surface area contributed by atoms with Crippen LogP contribution in [0, 0.1) is 0 Å². The van der Waals surface area contributed by atoms with E-state index in [1.165, 1.54) is 42.5 Å².